The number of para-hydroxylation sites is 2. The Hall–Kier alpha value is -2.84. The summed E-state index contributed by atoms with van der Waals surface area (Å²) in [6.07, 6.45) is 1.62. The molecule has 1 aromatic heterocycles. The second kappa shape index (κ2) is 10.1. The molecule has 29 heavy (non-hydrogen) atoms. The highest BCUT2D eigenvalue weighted by atomic mass is 32.2. The van der Waals surface area contributed by atoms with E-state index in [0.717, 1.165) is 11.4 Å². The van der Waals surface area contributed by atoms with E-state index in [1.165, 1.54) is 17.3 Å². The molecule has 1 amide bonds. The van der Waals surface area contributed by atoms with Gasteiger partial charge in [0, 0.05) is 6.54 Å². The predicted octanol–water partition coefficient (Wildman–Crippen LogP) is 2.79. The zero-order valence-corrected chi connectivity index (χ0v) is 17.6. The van der Waals surface area contributed by atoms with E-state index in [2.05, 4.69) is 32.5 Å². The van der Waals surface area contributed by atoms with E-state index in [4.69, 9.17) is 4.74 Å². The van der Waals surface area contributed by atoms with E-state index in [9.17, 15) is 4.79 Å². The molecule has 0 saturated heterocycles. The van der Waals surface area contributed by atoms with Gasteiger partial charge in [0.2, 0.25) is 5.91 Å². The predicted molar refractivity (Wildman–Crippen MR) is 115 cm³/mol. The number of ether oxygens (including phenoxy) is 1. The minimum absolute atomic E-state index is 0.0487. The third-order valence-corrected chi connectivity index (χ3v) is 5.44. The maximum absolute atomic E-state index is 12.4. The molecule has 7 nitrogen and oxygen atoms in total. The average molecular weight is 412 g/mol. The SMILES string of the molecule is COc1ccccc1-n1cnnc1SCC(=O)NC[C@@H](c1ccccc1)N(C)C. The molecule has 2 aromatic carbocycles. The van der Waals surface area contributed by atoms with E-state index in [-0.39, 0.29) is 17.7 Å². The van der Waals surface area contributed by atoms with Gasteiger partial charge in [0.05, 0.1) is 24.6 Å². The lowest BCUT2D eigenvalue weighted by molar-refractivity contribution is -0.118. The number of nitrogens with one attached hydrogen (secondary N) is 1. The summed E-state index contributed by atoms with van der Waals surface area (Å²) in [7, 11) is 5.64. The van der Waals surface area contributed by atoms with Crippen LogP contribution in [0, 0.1) is 0 Å². The van der Waals surface area contributed by atoms with Gasteiger partial charge in [0.15, 0.2) is 5.16 Å². The smallest absolute Gasteiger partial charge is 0.230 e. The molecule has 0 radical (unpaired) electrons. The van der Waals surface area contributed by atoms with Crippen LogP contribution in [-0.2, 0) is 4.79 Å². The number of thioether (sulfide) groups is 1. The lowest BCUT2D eigenvalue weighted by Crippen LogP contribution is -2.35. The molecule has 0 bridgehead atoms. The maximum Gasteiger partial charge on any atom is 0.230 e. The number of methoxy groups -OCH3 is 1. The summed E-state index contributed by atoms with van der Waals surface area (Å²) in [5, 5.41) is 11.8. The largest absolute Gasteiger partial charge is 0.495 e. The van der Waals surface area contributed by atoms with Gasteiger partial charge in [-0.05, 0) is 31.8 Å². The fraction of sp³-hybridized carbons (Fsp3) is 0.286. The highest BCUT2D eigenvalue weighted by Gasteiger charge is 2.16. The molecule has 8 heteroatoms. The fourth-order valence-electron chi connectivity index (χ4n) is 2.98. The van der Waals surface area contributed by atoms with E-state index in [1.54, 1.807) is 13.4 Å². The van der Waals surface area contributed by atoms with Gasteiger partial charge < -0.3 is 15.0 Å². The van der Waals surface area contributed by atoms with Crippen molar-refractivity contribution in [2.45, 2.75) is 11.2 Å². The topological polar surface area (TPSA) is 72.3 Å². The fourth-order valence-corrected chi connectivity index (χ4v) is 3.73. The highest BCUT2D eigenvalue weighted by molar-refractivity contribution is 7.99. The molecule has 0 fully saturated rings. The second-order valence-corrected chi connectivity index (χ2v) is 7.58. The van der Waals surface area contributed by atoms with Gasteiger partial charge in [-0.1, -0.05) is 54.2 Å². The summed E-state index contributed by atoms with van der Waals surface area (Å²) in [5.41, 5.74) is 2.00. The van der Waals surface area contributed by atoms with Crippen molar-refractivity contribution in [1.82, 2.24) is 25.0 Å². The van der Waals surface area contributed by atoms with E-state index in [1.807, 2.05) is 61.1 Å². The quantitative estimate of drug-likeness (QED) is 0.546. The molecule has 1 atom stereocenters. The first-order valence-corrected chi connectivity index (χ1v) is 10.2. The summed E-state index contributed by atoms with van der Waals surface area (Å²) < 4.78 is 7.23. The van der Waals surface area contributed by atoms with Crippen LogP contribution in [0.1, 0.15) is 11.6 Å². The van der Waals surface area contributed by atoms with Crippen LogP contribution < -0.4 is 10.1 Å². The molecule has 0 saturated carbocycles. The molecular weight excluding hydrogens is 386 g/mol. The summed E-state index contributed by atoms with van der Waals surface area (Å²) in [6, 6.07) is 17.9. The van der Waals surface area contributed by atoms with Crippen molar-refractivity contribution >= 4 is 17.7 Å². The first-order valence-electron chi connectivity index (χ1n) is 9.24. The zero-order chi connectivity index (χ0) is 20.6. The summed E-state index contributed by atoms with van der Waals surface area (Å²) in [6.45, 7) is 0.537. The maximum atomic E-state index is 12.4. The molecule has 0 spiro atoms. The molecule has 3 aromatic rings. The van der Waals surface area contributed by atoms with Crippen LogP contribution >= 0.6 is 11.8 Å². The molecule has 1 N–H and O–H groups in total. The molecule has 0 aliphatic rings. The van der Waals surface area contributed by atoms with Crippen molar-refractivity contribution in [3.63, 3.8) is 0 Å². The Morgan fingerprint density at radius 2 is 1.90 bits per heavy atom. The Kier molecular flexibility index (Phi) is 7.26. The van der Waals surface area contributed by atoms with Gasteiger partial charge >= 0.3 is 0 Å². The monoisotopic (exact) mass is 411 g/mol. The van der Waals surface area contributed by atoms with E-state index >= 15 is 0 Å². The molecule has 0 aliphatic carbocycles. The summed E-state index contributed by atoms with van der Waals surface area (Å²) in [5.74, 6) is 0.922. The summed E-state index contributed by atoms with van der Waals surface area (Å²) in [4.78, 5) is 14.5. The first kappa shape index (κ1) is 20.9. The molecule has 0 aliphatic heterocycles. The van der Waals surface area contributed by atoms with Crippen molar-refractivity contribution in [2.24, 2.45) is 0 Å². The number of amides is 1. The highest BCUT2D eigenvalue weighted by Crippen LogP contribution is 2.26. The van der Waals surface area contributed by atoms with Gasteiger partial charge in [-0.15, -0.1) is 10.2 Å². The Bertz CT molecular complexity index is 930. The number of hydrogen-bond donors (Lipinski definition) is 1. The van der Waals surface area contributed by atoms with Crippen molar-refractivity contribution in [3.8, 4) is 11.4 Å². The second-order valence-electron chi connectivity index (χ2n) is 6.64. The average Bonchev–Trinajstić information content (AvgIpc) is 3.21. The third-order valence-electron chi connectivity index (χ3n) is 4.49. The normalized spacial score (nSPS) is 12.0. The molecule has 3 rings (SSSR count). The number of likely N-dealkylation sites (N-methyl/N-ethyl adjacent to an activating group) is 1. The minimum Gasteiger partial charge on any atom is -0.495 e. The third kappa shape index (κ3) is 5.36. The number of carbonyl (C=O) groups is 1. The van der Waals surface area contributed by atoms with Crippen molar-refractivity contribution in [2.75, 3.05) is 33.5 Å². The first-order chi connectivity index (χ1) is 14.1. The lowest BCUT2D eigenvalue weighted by atomic mass is 10.1. The van der Waals surface area contributed by atoms with E-state index < -0.39 is 0 Å². The van der Waals surface area contributed by atoms with Gasteiger partial charge in [-0.3, -0.25) is 9.36 Å². The van der Waals surface area contributed by atoms with Gasteiger partial charge in [-0.25, -0.2) is 0 Å². The van der Waals surface area contributed by atoms with Crippen LogP contribution in [0.3, 0.4) is 0 Å². The number of aromatic nitrogens is 3. The molecular formula is C21H25N5O2S. The van der Waals surface area contributed by atoms with Crippen LogP contribution in [0.25, 0.3) is 5.69 Å². The van der Waals surface area contributed by atoms with Crippen molar-refractivity contribution < 1.29 is 9.53 Å². The van der Waals surface area contributed by atoms with Gasteiger partial charge in [0.25, 0.3) is 0 Å². The van der Waals surface area contributed by atoms with Gasteiger partial charge in [-0.2, -0.15) is 0 Å². The number of nitrogens with zero attached hydrogens (tertiary/aromatic N) is 4. The molecule has 152 valence electrons. The van der Waals surface area contributed by atoms with Crippen LogP contribution in [0.2, 0.25) is 0 Å². The Morgan fingerprint density at radius 3 is 2.62 bits per heavy atom. The molecule has 0 unspecified atom stereocenters. The number of carbonyl (C=O) groups excluding carboxylic acids is 1. The standard InChI is InChI=1S/C21H25N5O2S/c1-25(2)18(16-9-5-4-6-10-16)13-22-20(27)14-29-21-24-23-15-26(21)17-11-7-8-12-19(17)28-3/h4-12,15,18H,13-14H2,1-3H3,(H,22,27)/t18-/m0/s1. The number of benzene rings is 2. The Morgan fingerprint density at radius 1 is 1.17 bits per heavy atom. The van der Waals surface area contributed by atoms with Crippen LogP contribution in [0.5, 0.6) is 5.75 Å². The number of hydrogen-bond acceptors (Lipinski definition) is 6. The van der Waals surface area contributed by atoms with E-state index in [0.29, 0.717) is 11.7 Å². The van der Waals surface area contributed by atoms with Crippen molar-refractivity contribution in [3.05, 3.63) is 66.5 Å². The minimum atomic E-state index is -0.0487. The lowest BCUT2D eigenvalue weighted by Gasteiger charge is -2.25. The number of rotatable bonds is 9. The van der Waals surface area contributed by atoms with Crippen LogP contribution in [0.15, 0.2) is 66.1 Å². The summed E-state index contributed by atoms with van der Waals surface area (Å²) >= 11 is 1.34. The molecule has 1 heterocycles. The van der Waals surface area contributed by atoms with Crippen LogP contribution in [0.4, 0.5) is 0 Å². The Balaban J connectivity index is 1.60. The van der Waals surface area contributed by atoms with Gasteiger partial charge in [0.1, 0.15) is 12.1 Å². The zero-order valence-electron chi connectivity index (χ0n) is 16.8. The van der Waals surface area contributed by atoms with Crippen molar-refractivity contribution in [1.29, 1.82) is 0 Å². The Labute approximate surface area is 175 Å². The van der Waals surface area contributed by atoms with Crippen LogP contribution in [-0.4, -0.2) is 59.1 Å².